The van der Waals surface area contributed by atoms with Crippen molar-refractivity contribution < 1.29 is 9.59 Å². The highest BCUT2D eigenvalue weighted by molar-refractivity contribution is 6.00. The zero-order valence-corrected chi connectivity index (χ0v) is 14.1. The molecule has 0 radical (unpaired) electrons. The molecule has 2 N–H and O–H groups in total. The molecule has 0 saturated carbocycles. The summed E-state index contributed by atoms with van der Waals surface area (Å²) in [5.41, 5.74) is 3.18. The number of benzene rings is 1. The van der Waals surface area contributed by atoms with Gasteiger partial charge in [-0.1, -0.05) is 12.1 Å². The Labute approximate surface area is 137 Å². The maximum atomic E-state index is 12.2. The Morgan fingerprint density at radius 1 is 1.32 bits per heavy atom. The molecule has 6 heteroatoms. The summed E-state index contributed by atoms with van der Waals surface area (Å²) in [4.78, 5) is 26.0. The Morgan fingerprint density at radius 2 is 2.05 bits per heavy atom. The van der Waals surface area contributed by atoms with Crippen LogP contribution in [0, 0.1) is 19.8 Å². The molecule has 0 spiro atoms. The van der Waals surface area contributed by atoms with Gasteiger partial charge in [-0.3, -0.25) is 9.59 Å². The maximum absolute atomic E-state index is 12.2. The van der Waals surface area contributed by atoms with Crippen molar-refractivity contribution in [3.63, 3.8) is 0 Å². The average molecular weight is 326 g/mol. The standard InChI is InChI=1S/C16H23N3O2.ClH/c1-11-5-4-6-14(12(11)2)19-10-13(9-15(19)20)16(21)18-8-7-17-3;/h4-6,13,17H,7-10H2,1-3H3,(H,18,21);1H. The van der Waals surface area contributed by atoms with Crippen LogP contribution in [0.2, 0.25) is 0 Å². The third-order valence-corrected chi connectivity index (χ3v) is 4.04. The number of hydrogen-bond donors (Lipinski definition) is 2. The topological polar surface area (TPSA) is 61.4 Å². The summed E-state index contributed by atoms with van der Waals surface area (Å²) in [6.45, 7) is 5.82. The average Bonchev–Trinajstić information content (AvgIpc) is 2.84. The third kappa shape index (κ3) is 3.99. The van der Waals surface area contributed by atoms with Crippen molar-refractivity contribution in [3.8, 4) is 0 Å². The molecule has 1 atom stereocenters. The van der Waals surface area contributed by atoms with E-state index in [1.807, 2.05) is 39.1 Å². The molecule has 1 aliphatic heterocycles. The second-order valence-electron chi connectivity index (χ2n) is 5.52. The van der Waals surface area contributed by atoms with Gasteiger partial charge in [0, 0.05) is 31.7 Å². The van der Waals surface area contributed by atoms with E-state index >= 15 is 0 Å². The first-order valence-electron chi connectivity index (χ1n) is 7.33. The number of aryl methyl sites for hydroxylation is 1. The molecule has 1 saturated heterocycles. The minimum atomic E-state index is -0.255. The lowest BCUT2D eigenvalue weighted by molar-refractivity contribution is -0.126. The third-order valence-electron chi connectivity index (χ3n) is 4.04. The second-order valence-corrected chi connectivity index (χ2v) is 5.52. The number of amides is 2. The number of likely N-dealkylation sites (N-methyl/N-ethyl adjacent to an activating group) is 1. The molecular weight excluding hydrogens is 302 g/mol. The Balaban J connectivity index is 0.00000242. The van der Waals surface area contributed by atoms with E-state index < -0.39 is 0 Å². The number of carbonyl (C=O) groups is 2. The lowest BCUT2D eigenvalue weighted by Crippen LogP contribution is -2.36. The minimum absolute atomic E-state index is 0. The van der Waals surface area contributed by atoms with Crippen LogP contribution in [0.15, 0.2) is 18.2 Å². The predicted molar refractivity (Wildman–Crippen MR) is 90.6 cm³/mol. The zero-order valence-electron chi connectivity index (χ0n) is 13.3. The van der Waals surface area contributed by atoms with E-state index in [0.717, 1.165) is 23.4 Å². The molecule has 1 fully saturated rings. The van der Waals surface area contributed by atoms with Gasteiger partial charge in [-0.05, 0) is 38.1 Å². The van der Waals surface area contributed by atoms with Crippen LogP contribution in [0.4, 0.5) is 5.69 Å². The molecular formula is C16H24ClN3O2. The van der Waals surface area contributed by atoms with Crippen LogP contribution in [-0.2, 0) is 9.59 Å². The van der Waals surface area contributed by atoms with E-state index in [0.29, 0.717) is 19.5 Å². The molecule has 1 aromatic rings. The van der Waals surface area contributed by atoms with Gasteiger partial charge in [-0.15, -0.1) is 12.4 Å². The van der Waals surface area contributed by atoms with Crippen molar-refractivity contribution in [2.24, 2.45) is 5.92 Å². The summed E-state index contributed by atoms with van der Waals surface area (Å²) in [6, 6.07) is 5.92. The van der Waals surface area contributed by atoms with Gasteiger partial charge in [0.25, 0.3) is 0 Å². The van der Waals surface area contributed by atoms with Gasteiger partial charge in [-0.25, -0.2) is 0 Å². The fraction of sp³-hybridized carbons (Fsp3) is 0.500. The Kier molecular flexibility index (Phi) is 6.84. The number of hydrogen-bond acceptors (Lipinski definition) is 3. The molecule has 122 valence electrons. The molecule has 1 aromatic carbocycles. The smallest absolute Gasteiger partial charge is 0.227 e. The van der Waals surface area contributed by atoms with Gasteiger partial charge in [0.05, 0.1) is 5.92 Å². The summed E-state index contributed by atoms with van der Waals surface area (Å²) in [6.07, 6.45) is 0.290. The molecule has 1 unspecified atom stereocenters. The largest absolute Gasteiger partial charge is 0.355 e. The number of halogens is 1. The van der Waals surface area contributed by atoms with E-state index in [-0.39, 0.29) is 30.1 Å². The van der Waals surface area contributed by atoms with Crippen LogP contribution in [0.1, 0.15) is 17.5 Å². The molecule has 0 aliphatic carbocycles. The lowest BCUT2D eigenvalue weighted by atomic mass is 10.1. The van der Waals surface area contributed by atoms with E-state index in [4.69, 9.17) is 0 Å². The van der Waals surface area contributed by atoms with E-state index in [9.17, 15) is 9.59 Å². The van der Waals surface area contributed by atoms with Crippen molar-refractivity contribution in [2.75, 3.05) is 31.6 Å². The highest BCUT2D eigenvalue weighted by Gasteiger charge is 2.35. The second kappa shape index (κ2) is 8.15. The zero-order chi connectivity index (χ0) is 15.4. The Bertz CT molecular complexity index is 548. The fourth-order valence-electron chi connectivity index (χ4n) is 2.60. The monoisotopic (exact) mass is 325 g/mol. The quantitative estimate of drug-likeness (QED) is 0.805. The summed E-state index contributed by atoms with van der Waals surface area (Å²) in [7, 11) is 1.84. The van der Waals surface area contributed by atoms with Crippen LogP contribution in [0.5, 0.6) is 0 Å². The van der Waals surface area contributed by atoms with Gasteiger partial charge >= 0.3 is 0 Å². The van der Waals surface area contributed by atoms with Gasteiger partial charge < -0.3 is 15.5 Å². The molecule has 0 bridgehead atoms. The van der Waals surface area contributed by atoms with Gasteiger partial charge in [0.2, 0.25) is 11.8 Å². The number of carbonyl (C=O) groups excluding carboxylic acids is 2. The molecule has 1 aliphatic rings. The first-order chi connectivity index (χ1) is 10.0. The Hall–Kier alpha value is -1.59. The van der Waals surface area contributed by atoms with Gasteiger partial charge in [-0.2, -0.15) is 0 Å². The van der Waals surface area contributed by atoms with E-state index in [1.165, 1.54) is 0 Å². The highest BCUT2D eigenvalue weighted by atomic mass is 35.5. The molecule has 5 nitrogen and oxygen atoms in total. The number of nitrogens with zero attached hydrogens (tertiary/aromatic N) is 1. The normalized spacial score (nSPS) is 17.3. The number of rotatable bonds is 5. The maximum Gasteiger partial charge on any atom is 0.227 e. The van der Waals surface area contributed by atoms with Crippen LogP contribution in [0.25, 0.3) is 0 Å². The van der Waals surface area contributed by atoms with E-state index in [2.05, 4.69) is 10.6 Å². The van der Waals surface area contributed by atoms with Crippen LogP contribution in [0.3, 0.4) is 0 Å². The first-order valence-corrected chi connectivity index (χ1v) is 7.33. The summed E-state index contributed by atoms with van der Waals surface area (Å²) in [5, 5.41) is 5.84. The van der Waals surface area contributed by atoms with Crippen molar-refractivity contribution in [2.45, 2.75) is 20.3 Å². The summed E-state index contributed by atoms with van der Waals surface area (Å²) < 4.78 is 0. The molecule has 22 heavy (non-hydrogen) atoms. The Morgan fingerprint density at radius 3 is 2.73 bits per heavy atom. The molecule has 0 aromatic heterocycles. The van der Waals surface area contributed by atoms with Crippen molar-refractivity contribution in [1.29, 1.82) is 0 Å². The minimum Gasteiger partial charge on any atom is -0.355 e. The van der Waals surface area contributed by atoms with Crippen LogP contribution < -0.4 is 15.5 Å². The molecule has 2 amide bonds. The summed E-state index contributed by atoms with van der Waals surface area (Å²) >= 11 is 0. The molecule has 1 heterocycles. The first kappa shape index (κ1) is 18.5. The number of nitrogens with one attached hydrogen (secondary N) is 2. The fourth-order valence-corrected chi connectivity index (χ4v) is 2.60. The van der Waals surface area contributed by atoms with Crippen molar-refractivity contribution in [3.05, 3.63) is 29.3 Å². The summed E-state index contributed by atoms with van der Waals surface area (Å²) in [5.74, 6) is -0.266. The van der Waals surface area contributed by atoms with Gasteiger partial charge in [0.1, 0.15) is 0 Å². The number of anilines is 1. The SMILES string of the molecule is CNCCNC(=O)C1CC(=O)N(c2cccc(C)c2C)C1.Cl. The van der Waals surface area contributed by atoms with Crippen LogP contribution >= 0.6 is 12.4 Å². The van der Waals surface area contributed by atoms with Crippen molar-refractivity contribution >= 4 is 29.9 Å². The van der Waals surface area contributed by atoms with Crippen molar-refractivity contribution in [1.82, 2.24) is 10.6 Å². The van der Waals surface area contributed by atoms with Gasteiger partial charge in [0.15, 0.2) is 0 Å². The predicted octanol–water partition coefficient (Wildman–Crippen LogP) is 1.41. The highest BCUT2D eigenvalue weighted by Crippen LogP contribution is 2.29. The lowest BCUT2D eigenvalue weighted by Gasteiger charge is -2.20. The van der Waals surface area contributed by atoms with Crippen LogP contribution in [-0.4, -0.2) is 38.5 Å². The van der Waals surface area contributed by atoms with E-state index in [1.54, 1.807) is 4.90 Å². The molecule has 2 rings (SSSR count).